The first-order valence-corrected chi connectivity index (χ1v) is 7.16. The largest absolute Gasteiger partial charge is 0.494 e. The lowest BCUT2D eigenvalue weighted by molar-refractivity contribution is 0.306. The van der Waals surface area contributed by atoms with Gasteiger partial charge in [-0.3, -0.25) is 0 Å². The highest BCUT2D eigenvalue weighted by Crippen LogP contribution is 2.24. The Kier molecular flexibility index (Phi) is 6.34. The molecule has 0 radical (unpaired) electrons. The molecular formula is C12H16Br2O. The van der Waals surface area contributed by atoms with E-state index in [1.165, 1.54) is 18.4 Å². The van der Waals surface area contributed by atoms with E-state index in [9.17, 15) is 0 Å². The number of unbranched alkanes of at least 4 members (excludes halogenated alkanes) is 2. The summed E-state index contributed by atoms with van der Waals surface area (Å²) in [6.07, 6.45) is 3.61. The van der Waals surface area contributed by atoms with E-state index in [-0.39, 0.29) is 0 Å². The lowest BCUT2D eigenvalue weighted by atomic mass is 10.2. The first-order valence-electron chi connectivity index (χ1n) is 5.25. The zero-order chi connectivity index (χ0) is 11.1. The molecule has 0 N–H and O–H groups in total. The Morgan fingerprint density at radius 2 is 2.07 bits per heavy atom. The van der Waals surface area contributed by atoms with Gasteiger partial charge in [-0.1, -0.05) is 51.6 Å². The summed E-state index contributed by atoms with van der Waals surface area (Å²) in [6.45, 7) is 3.01. The van der Waals surface area contributed by atoms with Crippen molar-refractivity contribution in [3.63, 3.8) is 0 Å². The van der Waals surface area contributed by atoms with Crippen LogP contribution in [0.25, 0.3) is 0 Å². The van der Waals surface area contributed by atoms with Crippen LogP contribution in [0.5, 0.6) is 5.75 Å². The number of alkyl halides is 1. The van der Waals surface area contributed by atoms with Crippen LogP contribution in [0.1, 0.15) is 31.7 Å². The van der Waals surface area contributed by atoms with Gasteiger partial charge in [0.05, 0.1) is 6.61 Å². The Morgan fingerprint density at radius 3 is 2.73 bits per heavy atom. The second-order valence-electron chi connectivity index (χ2n) is 3.44. The predicted octanol–water partition coefficient (Wildman–Crippen LogP) is 4.91. The molecule has 0 saturated heterocycles. The van der Waals surface area contributed by atoms with Crippen molar-refractivity contribution in [2.75, 3.05) is 6.61 Å². The zero-order valence-corrected chi connectivity index (χ0v) is 12.1. The van der Waals surface area contributed by atoms with E-state index in [4.69, 9.17) is 4.74 Å². The summed E-state index contributed by atoms with van der Waals surface area (Å²) in [5.74, 6) is 0.962. The molecule has 0 aliphatic carbocycles. The third-order valence-corrected chi connectivity index (χ3v) is 3.56. The minimum Gasteiger partial charge on any atom is -0.494 e. The Bertz CT molecular complexity index is 300. The molecule has 1 nitrogen and oxygen atoms in total. The molecule has 3 heteroatoms. The van der Waals surface area contributed by atoms with Crippen LogP contribution in [0, 0.1) is 0 Å². The Labute approximate surface area is 108 Å². The van der Waals surface area contributed by atoms with Gasteiger partial charge in [0.25, 0.3) is 0 Å². The van der Waals surface area contributed by atoms with Crippen molar-refractivity contribution in [3.8, 4) is 5.75 Å². The highest BCUT2D eigenvalue weighted by molar-refractivity contribution is 9.10. The molecule has 0 aromatic heterocycles. The average molecular weight is 336 g/mol. The minimum atomic E-state index is 0.817. The highest BCUT2D eigenvalue weighted by Gasteiger charge is 2.00. The second-order valence-corrected chi connectivity index (χ2v) is 4.86. The number of hydrogen-bond acceptors (Lipinski definition) is 1. The van der Waals surface area contributed by atoms with Crippen LogP contribution in [-0.2, 0) is 5.33 Å². The van der Waals surface area contributed by atoms with E-state index < -0.39 is 0 Å². The lowest BCUT2D eigenvalue weighted by Gasteiger charge is -2.08. The fourth-order valence-corrected chi connectivity index (χ4v) is 2.51. The van der Waals surface area contributed by atoms with Crippen molar-refractivity contribution in [2.45, 2.75) is 31.5 Å². The van der Waals surface area contributed by atoms with E-state index in [0.29, 0.717) is 0 Å². The maximum absolute atomic E-state index is 5.66. The Balaban J connectivity index is 2.47. The van der Waals surface area contributed by atoms with E-state index in [2.05, 4.69) is 44.8 Å². The van der Waals surface area contributed by atoms with Gasteiger partial charge < -0.3 is 4.74 Å². The molecule has 15 heavy (non-hydrogen) atoms. The molecule has 1 rings (SSSR count). The molecule has 0 spiro atoms. The molecule has 0 unspecified atom stereocenters. The number of ether oxygens (including phenoxy) is 1. The van der Waals surface area contributed by atoms with Crippen LogP contribution in [0.15, 0.2) is 22.7 Å². The predicted molar refractivity (Wildman–Crippen MR) is 71.8 cm³/mol. The van der Waals surface area contributed by atoms with Crippen LogP contribution in [0.2, 0.25) is 0 Å². The average Bonchev–Trinajstić information content (AvgIpc) is 2.26. The van der Waals surface area contributed by atoms with Crippen molar-refractivity contribution >= 4 is 31.9 Å². The van der Waals surface area contributed by atoms with Gasteiger partial charge in [-0.05, 0) is 30.2 Å². The van der Waals surface area contributed by atoms with Gasteiger partial charge >= 0.3 is 0 Å². The molecular weight excluding hydrogens is 320 g/mol. The number of rotatable bonds is 6. The van der Waals surface area contributed by atoms with Crippen molar-refractivity contribution in [1.29, 1.82) is 0 Å². The number of hydrogen-bond donors (Lipinski definition) is 0. The summed E-state index contributed by atoms with van der Waals surface area (Å²) < 4.78 is 6.79. The maximum atomic E-state index is 5.66. The third-order valence-electron chi connectivity index (χ3n) is 2.18. The molecule has 0 aliphatic heterocycles. The van der Waals surface area contributed by atoms with Crippen LogP contribution in [0.3, 0.4) is 0 Å². The van der Waals surface area contributed by atoms with Gasteiger partial charge in [0, 0.05) is 9.80 Å². The second kappa shape index (κ2) is 7.29. The van der Waals surface area contributed by atoms with Crippen molar-refractivity contribution in [3.05, 3.63) is 28.2 Å². The highest BCUT2D eigenvalue weighted by atomic mass is 79.9. The van der Waals surface area contributed by atoms with Gasteiger partial charge in [-0.15, -0.1) is 0 Å². The normalized spacial score (nSPS) is 10.3. The molecule has 84 valence electrons. The van der Waals surface area contributed by atoms with E-state index >= 15 is 0 Å². The molecule has 0 fully saturated rings. The van der Waals surface area contributed by atoms with Crippen molar-refractivity contribution in [1.82, 2.24) is 0 Å². The van der Waals surface area contributed by atoms with Crippen LogP contribution < -0.4 is 4.74 Å². The molecule has 0 amide bonds. The molecule has 0 heterocycles. The molecule has 0 aliphatic rings. The summed E-state index contributed by atoms with van der Waals surface area (Å²) in [7, 11) is 0. The van der Waals surface area contributed by atoms with Gasteiger partial charge in [-0.2, -0.15) is 0 Å². The standard InChI is InChI=1S/C12H16Br2O/c1-2-3-4-7-15-11-5-6-12(14)10(8-11)9-13/h5-6,8H,2-4,7,9H2,1H3. The molecule has 0 bridgehead atoms. The summed E-state index contributed by atoms with van der Waals surface area (Å²) in [6, 6.07) is 6.11. The van der Waals surface area contributed by atoms with Gasteiger partial charge in [0.2, 0.25) is 0 Å². The topological polar surface area (TPSA) is 9.23 Å². The molecule has 0 saturated carbocycles. The van der Waals surface area contributed by atoms with Crippen LogP contribution in [0.4, 0.5) is 0 Å². The summed E-state index contributed by atoms with van der Waals surface area (Å²) in [4.78, 5) is 0. The van der Waals surface area contributed by atoms with Gasteiger partial charge in [0.1, 0.15) is 5.75 Å². The monoisotopic (exact) mass is 334 g/mol. The molecule has 1 aromatic carbocycles. The summed E-state index contributed by atoms with van der Waals surface area (Å²) in [5, 5.41) is 0.847. The Hall–Kier alpha value is -0.0200. The smallest absolute Gasteiger partial charge is 0.119 e. The molecule has 1 aromatic rings. The number of halogens is 2. The van der Waals surface area contributed by atoms with Gasteiger partial charge in [0.15, 0.2) is 0 Å². The van der Waals surface area contributed by atoms with Crippen LogP contribution in [-0.4, -0.2) is 6.61 Å². The van der Waals surface area contributed by atoms with Gasteiger partial charge in [-0.25, -0.2) is 0 Å². The minimum absolute atomic E-state index is 0.817. The van der Waals surface area contributed by atoms with Crippen molar-refractivity contribution < 1.29 is 4.74 Å². The third kappa shape index (κ3) is 4.56. The van der Waals surface area contributed by atoms with E-state index in [1.807, 2.05) is 12.1 Å². The summed E-state index contributed by atoms with van der Waals surface area (Å²) in [5.41, 5.74) is 1.22. The zero-order valence-electron chi connectivity index (χ0n) is 8.93. The quantitative estimate of drug-likeness (QED) is 0.530. The molecule has 0 atom stereocenters. The Morgan fingerprint density at radius 1 is 1.27 bits per heavy atom. The lowest BCUT2D eigenvalue weighted by Crippen LogP contribution is -1.97. The van der Waals surface area contributed by atoms with Crippen LogP contribution >= 0.6 is 31.9 Å². The van der Waals surface area contributed by atoms with E-state index in [1.54, 1.807) is 0 Å². The first kappa shape index (κ1) is 13.0. The fraction of sp³-hybridized carbons (Fsp3) is 0.500. The van der Waals surface area contributed by atoms with E-state index in [0.717, 1.165) is 28.6 Å². The number of benzene rings is 1. The fourth-order valence-electron chi connectivity index (χ4n) is 1.29. The first-order chi connectivity index (χ1) is 7.27. The maximum Gasteiger partial charge on any atom is 0.119 e. The SMILES string of the molecule is CCCCCOc1ccc(Br)c(CBr)c1. The summed E-state index contributed by atoms with van der Waals surface area (Å²) >= 11 is 6.95. The van der Waals surface area contributed by atoms with Crippen molar-refractivity contribution in [2.24, 2.45) is 0 Å².